The minimum atomic E-state index is -4.93. The lowest BCUT2D eigenvalue weighted by Crippen LogP contribution is -2.50. The van der Waals surface area contributed by atoms with Crippen molar-refractivity contribution in [1.82, 2.24) is 19.9 Å². The first-order chi connectivity index (χ1) is 22.1. The fraction of sp³-hybridized carbons (Fsp3) is 0.594. The van der Waals surface area contributed by atoms with Crippen molar-refractivity contribution in [3.8, 4) is 23.0 Å². The monoisotopic (exact) mass is 684 g/mol. The molecule has 254 valence electrons. The van der Waals surface area contributed by atoms with Gasteiger partial charge in [0.1, 0.15) is 17.2 Å². The maximum absolute atomic E-state index is 16.9. The molecule has 2 aliphatic carbocycles. The number of aryl methyl sites for hydroxylation is 1. The summed E-state index contributed by atoms with van der Waals surface area (Å²) in [6, 6.07) is 0.375. The van der Waals surface area contributed by atoms with Crippen molar-refractivity contribution < 1.29 is 35.8 Å². The van der Waals surface area contributed by atoms with Crippen LogP contribution in [0.2, 0.25) is 5.02 Å². The number of rotatable bonds is 5. The van der Waals surface area contributed by atoms with Crippen LogP contribution in [0.3, 0.4) is 0 Å². The number of alkyl halides is 5. The number of nitrogens with zero attached hydrogens (tertiary/aromatic N) is 5. The Labute approximate surface area is 272 Å². The summed E-state index contributed by atoms with van der Waals surface area (Å²) in [5.41, 5.74) is 2.26. The minimum absolute atomic E-state index is 0.0359. The van der Waals surface area contributed by atoms with E-state index in [-0.39, 0.29) is 71.9 Å². The highest BCUT2D eigenvalue weighted by Crippen LogP contribution is 2.55. The standard InChI is InChI=1S/C32H35ClF6N6O2/c1-15-12-19(40)41-25(22(15)32(37,38)39)20-23(33)27-21-26(24(20)34)42-29(47-14-30-8-4-6-18(30)44(2)10-5-9-30)43-28(21)45(3)17(7-11-46-27)16-13-31(16,35)36/h12,16-18H,4-11,13-14H2,1-3H3,(H2,40,41)/t16?,17?,18?,30-/m0/s1. The van der Waals surface area contributed by atoms with Crippen LogP contribution >= 0.6 is 11.6 Å². The average molecular weight is 685 g/mol. The lowest BCUT2D eigenvalue weighted by Gasteiger charge is -2.44. The second-order valence-corrected chi connectivity index (χ2v) is 13.9. The summed E-state index contributed by atoms with van der Waals surface area (Å²) >= 11 is 6.72. The molecule has 3 unspecified atom stereocenters. The molecule has 0 radical (unpaired) electrons. The molecule has 7 rings (SSSR count). The Morgan fingerprint density at radius 2 is 1.85 bits per heavy atom. The highest BCUT2D eigenvalue weighted by Gasteiger charge is 2.61. The molecule has 4 aliphatic rings. The van der Waals surface area contributed by atoms with Gasteiger partial charge >= 0.3 is 12.2 Å². The SMILES string of the molecule is Cc1cc(N)nc(-c2c(Cl)c3c4c(nc(OC[C@@]56CCCC5N(C)CCC6)nc4c2F)N(C)C(C2CC2(F)F)CCO3)c1C(F)(F)F. The fourth-order valence-electron chi connectivity index (χ4n) is 8.28. The number of nitrogens with two attached hydrogens (primary N) is 1. The number of piperidine rings is 1. The topological polar surface area (TPSA) is 89.6 Å². The van der Waals surface area contributed by atoms with Crippen LogP contribution in [0.4, 0.5) is 38.0 Å². The molecular formula is C32H35ClF6N6O2. The van der Waals surface area contributed by atoms with E-state index in [1.54, 1.807) is 11.9 Å². The highest BCUT2D eigenvalue weighted by molar-refractivity contribution is 6.36. The Balaban J connectivity index is 1.43. The van der Waals surface area contributed by atoms with Gasteiger partial charge in [-0.15, -0.1) is 0 Å². The number of pyridine rings is 1. The second-order valence-electron chi connectivity index (χ2n) is 13.5. The Morgan fingerprint density at radius 1 is 1.13 bits per heavy atom. The molecule has 2 aromatic heterocycles. The van der Waals surface area contributed by atoms with Gasteiger partial charge in [0.2, 0.25) is 0 Å². The zero-order valence-corrected chi connectivity index (χ0v) is 26.9. The van der Waals surface area contributed by atoms with Gasteiger partial charge in [-0.2, -0.15) is 23.1 Å². The van der Waals surface area contributed by atoms with E-state index in [9.17, 15) is 22.0 Å². The molecule has 1 aromatic carbocycles. The van der Waals surface area contributed by atoms with Crippen LogP contribution in [0.1, 0.15) is 56.1 Å². The van der Waals surface area contributed by atoms with Crippen molar-refractivity contribution in [2.24, 2.45) is 11.3 Å². The first kappa shape index (κ1) is 32.3. The van der Waals surface area contributed by atoms with Crippen LogP contribution in [0, 0.1) is 24.1 Å². The normalized spacial score (nSPS) is 27.3. The van der Waals surface area contributed by atoms with Crippen molar-refractivity contribution in [1.29, 1.82) is 0 Å². The number of halogens is 7. The smallest absolute Gasteiger partial charge is 0.418 e. The highest BCUT2D eigenvalue weighted by atomic mass is 35.5. The molecule has 3 aromatic rings. The molecule has 2 saturated carbocycles. The van der Waals surface area contributed by atoms with Crippen molar-refractivity contribution in [2.45, 2.75) is 76.1 Å². The first-order valence-corrected chi connectivity index (χ1v) is 16.1. The van der Waals surface area contributed by atoms with Crippen LogP contribution in [-0.2, 0) is 6.18 Å². The van der Waals surface area contributed by atoms with Gasteiger partial charge < -0.3 is 25.0 Å². The van der Waals surface area contributed by atoms with E-state index < -0.39 is 57.2 Å². The molecule has 4 heterocycles. The number of likely N-dealkylation sites (tertiary alicyclic amines) is 1. The third kappa shape index (κ3) is 5.30. The molecule has 4 atom stereocenters. The molecule has 0 spiro atoms. The van der Waals surface area contributed by atoms with Gasteiger partial charge in [0.25, 0.3) is 5.92 Å². The number of hydrogen-bond donors (Lipinski definition) is 1. The quantitative estimate of drug-likeness (QED) is 0.281. The van der Waals surface area contributed by atoms with Crippen molar-refractivity contribution >= 4 is 34.1 Å². The zero-order chi connectivity index (χ0) is 33.6. The molecule has 1 saturated heterocycles. The number of anilines is 2. The van der Waals surface area contributed by atoms with Gasteiger partial charge in [0, 0.05) is 43.3 Å². The third-order valence-electron chi connectivity index (χ3n) is 10.6. The van der Waals surface area contributed by atoms with Crippen molar-refractivity contribution in [2.75, 3.05) is 44.5 Å². The molecule has 3 fully saturated rings. The van der Waals surface area contributed by atoms with Crippen LogP contribution in [-0.4, -0.2) is 71.7 Å². The maximum atomic E-state index is 16.9. The van der Waals surface area contributed by atoms with E-state index in [1.165, 1.54) is 6.92 Å². The molecular weight excluding hydrogens is 650 g/mol. The Morgan fingerprint density at radius 3 is 2.55 bits per heavy atom. The summed E-state index contributed by atoms with van der Waals surface area (Å²) in [7, 11) is 3.66. The van der Waals surface area contributed by atoms with Gasteiger partial charge in [-0.25, -0.2) is 18.2 Å². The van der Waals surface area contributed by atoms with E-state index in [1.807, 2.05) is 0 Å². The van der Waals surface area contributed by atoms with Gasteiger partial charge in [0.15, 0.2) is 11.6 Å². The van der Waals surface area contributed by atoms with Crippen LogP contribution in [0.5, 0.6) is 11.8 Å². The van der Waals surface area contributed by atoms with Crippen molar-refractivity contribution in [3.63, 3.8) is 0 Å². The molecule has 0 amide bonds. The number of hydrogen-bond acceptors (Lipinski definition) is 8. The van der Waals surface area contributed by atoms with E-state index in [0.717, 1.165) is 44.7 Å². The lowest BCUT2D eigenvalue weighted by atomic mass is 9.76. The number of nitrogen functional groups attached to an aromatic ring is 1. The lowest BCUT2D eigenvalue weighted by molar-refractivity contribution is -0.137. The summed E-state index contributed by atoms with van der Waals surface area (Å²) in [5.74, 6) is -5.50. The van der Waals surface area contributed by atoms with E-state index in [2.05, 4.69) is 26.9 Å². The summed E-state index contributed by atoms with van der Waals surface area (Å²) < 4.78 is 101. The Bertz CT molecular complexity index is 1760. The van der Waals surface area contributed by atoms with Crippen molar-refractivity contribution in [3.05, 3.63) is 28.0 Å². The Kier molecular flexibility index (Phi) is 7.66. The number of fused-ring (bicyclic) bond motifs is 1. The molecule has 2 N–H and O–H groups in total. The summed E-state index contributed by atoms with van der Waals surface area (Å²) in [6.07, 6.45) is -0.272. The summed E-state index contributed by atoms with van der Waals surface area (Å²) in [4.78, 5) is 16.8. The third-order valence-corrected chi connectivity index (χ3v) is 11.0. The largest absolute Gasteiger partial charge is 0.491 e. The van der Waals surface area contributed by atoms with Gasteiger partial charge in [-0.05, 0) is 57.8 Å². The molecule has 2 aliphatic heterocycles. The average Bonchev–Trinajstić information content (AvgIpc) is 3.38. The molecule has 8 nitrogen and oxygen atoms in total. The summed E-state index contributed by atoms with van der Waals surface area (Å²) in [5, 5.41) is -0.540. The minimum Gasteiger partial charge on any atom is -0.491 e. The van der Waals surface area contributed by atoms with Gasteiger partial charge in [0.05, 0.1) is 40.4 Å². The predicted octanol–water partition coefficient (Wildman–Crippen LogP) is 7.28. The second kappa shape index (κ2) is 11.1. The number of aromatic nitrogens is 3. The van der Waals surface area contributed by atoms with E-state index in [4.69, 9.17) is 26.8 Å². The first-order valence-electron chi connectivity index (χ1n) is 15.8. The van der Waals surface area contributed by atoms with Gasteiger partial charge in [-0.1, -0.05) is 18.0 Å². The summed E-state index contributed by atoms with van der Waals surface area (Å²) in [6.45, 7) is 2.28. The number of benzene rings is 1. The van der Waals surface area contributed by atoms with Crippen LogP contribution < -0.4 is 20.1 Å². The fourth-order valence-corrected chi connectivity index (χ4v) is 8.60. The molecule has 0 bridgehead atoms. The zero-order valence-electron chi connectivity index (χ0n) is 26.2. The van der Waals surface area contributed by atoms with E-state index in [0.29, 0.717) is 0 Å². The van der Waals surface area contributed by atoms with Crippen LogP contribution in [0.25, 0.3) is 22.2 Å². The Hall–Kier alpha value is -3.26. The van der Waals surface area contributed by atoms with Crippen LogP contribution in [0.15, 0.2) is 6.07 Å². The number of ether oxygens (including phenoxy) is 2. The van der Waals surface area contributed by atoms with Gasteiger partial charge in [-0.3, -0.25) is 0 Å². The molecule has 47 heavy (non-hydrogen) atoms. The van der Waals surface area contributed by atoms with E-state index >= 15 is 4.39 Å². The predicted molar refractivity (Wildman–Crippen MR) is 165 cm³/mol. The maximum Gasteiger partial charge on any atom is 0.418 e. The molecule has 15 heteroatoms.